The molecule has 0 nitrogen and oxygen atoms in total. The molecule has 1 heteroatoms. The molecule has 4 aliphatic rings. The topological polar surface area (TPSA) is 0 Å². The van der Waals surface area contributed by atoms with Gasteiger partial charge in [-0.15, -0.1) is 9.24 Å². The van der Waals surface area contributed by atoms with Crippen LogP contribution in [-0.2, 0) is 0 Å². The summed E-state index contributed by atoms with van der Waals surface area (Å²) in [5, 5.41) is 0. The minimum atomic E-state index is 0. The zero-order valence-corrected chi connectivity index (χ0v) is 27.6. The highest BCUT2D eigenvalue weighted by Crippen LogP contribution is 2.64. The van der Waals surface area contributed by atoms with Gasteiger partial charge in [0, 0.05) is 1.43 Å². The first-order valence-corrected chi connectivity index (χ1v) is 17.2. The van der Waals surface area contributed by atoms with Gasteiger partial charge in [-0.05, 0) is 123 Å². The predicted molar refractivity (Wildman–Crippen MR) is 169 cm³/mol. The van der Waals surface area contributed by atoms with E-state index in [0.717, 1.165) is 35.5 Å². The zero-order valence-electron chi connectivity index (χ0n) is 26.4. The first-order chi connectivity index (χ1) is 16.8. The molecule has 8 unspecified atom stereocenters. The number of fused-ring (bicyclic) bond motifs is 5. The van der Waals surface area contributed by atoms with Gasteiger partial charge in [-0.3, -0.25) is 0 Å². The van der Waals surface area contributed by atoms with E-state index < -0.39 is 0 Å². The Bertz CT molecular complexity index is 550. The molecule has 0 heterocycles. The van der Waals surface area contributed by atoms with E-state index in [4.69, 9.17) is 0 Å². The Labute approximate surface area is 228 Å². The van der Waals surface area contributed by atoms with E-state index in [1.807, 2.05) is 48.2 Å². The molecule has 0 aromatic carbocycles. The van der Waals surface area contributed by atoms with Crippen LogP contribution in [0.25, 0.3) is 0 Å². The van der Waals surface area contributed by atoms with Crippen LogP contribution in [0.4, 0.5) is 0 Å². The highest BCUT2D eigenvalue weighted by Gasteiger charge is 2.56. The summed E-state index contributed by atoms with van der Waals surface area (Å²) < 4.78 is 0. The lowest BCUT2D eigenvalue weighted by Crippen LogP contribution is -2.47. The molecule has 8 atom stereocenters. The molecule has 0 saturated heterocycles. The summed E-state index contributed by atoms with van der Waals surface area (Å²) in [6, 6.07) is 0. The second kappa shape index (κ2) is 17.6. The minimum absolute atomic E-state index is 0. The molecular formula is C34H71P. The highest BCUT2D eigenvalue weighted by atomic mass is 31.0. The summed E-state index contributed by atoms with van der Waals surface area (Å²) in [6.45, 7) is 28.3. The van der Waals surface area contributed by atoms with Gasteiger partial charge >= 0.3 is 0 Å². The predicted octanol–water partition coefficient (Wildman–Crippen LogP) is 12.2. The van der Waals surface area contributed by atoms with Gasteiger partial charge in [-0.25, -0.2) is 0 Å². The van der Waals surface area contributed by atoms with E-state index in [-0.39, 0.29) is 1.43 Å². The summed E-state index contributed by atoms with van der Waals surface area (Å²) in [6.07, 6.45) is 19.3. The molecule has 4 saturated carbocycles. The van der Waals surface area contributed by atoms with Crippen molar-refractivity contribution < 1.29 is 1.43 Å². The van der Waals surface area contributed by atoms with Crippen LogP contribution in [0.15, 0.2) is 12.2 Å². The van der Waals surface area contributed by atoms with Crippen molar-refractivity contribution in [1.82, 2.24) is 0 Å². The van der Waals surface area contributed by atoms with Gasteiger partial charge in [0.25, 0.3) is 0 Å². The fourth-order valence-corrected chi connectivity index (χ4v) is 8.46. The van der Waals surface area contributed by atoms with Crippen LogP contribution in [0.2, 0.25) is 0 Å². The molecular weight excluding hydrogens is 439 g/mol. The van der Waals surface area contributed by atoms with Crippen molar-refractivity contribution in [3.8, 4) is 0 Å². The SMILES string of the molecule is C=C1CCCC2C(CCC3C2CCC2(C)C(CCCC(C)(C)C)CCC32)C1.CC.CC.CC.CP.[HH]. The lowest BCUT2D eigenvalue weighted by atomic mass is 9.50. The molecule has 0 spiro atoms. The van der Waals surface area contributed by atoms with Crippen LogP contribution in [0, 0.1) is 46.3 Å². The maximum Gasteiger partial charge on any atom is 0 e. The van der Waals surface area contributed by atoms with Crippen LogP contribution < -0.4 is 0 Å². The van der Waals surface area contributed by atoms with Crippen molar-refractivity contribution in [3.05, 3.63) is 12.2 Å². The van der Waals surface area contributed by atoms with Gasteiger partial charge in [-0.1, -0.05) is 94.5 Å². The van der Waals surface area contributed by atoms with Crippen molar-refractivity contribution in [2.24, 2.45) is 46.3 Å². The maximum atomic E-state index is 4.39. The Hall–Kier alpha value is 0.170. The molecule has 4 fully saturated rings. The van der Waals surface area contributed by atoms with Crippen LogP contribution in [0.3, 0.4) is 0 Å². The normalized spacial score (nSPS) is 35.4. The largest absolute Gasteiger partial charge is 0.141 e. The van der Waals surface area contributed by atoms with E-state index in [9.17, 15) is 0 Å². The molecule has 4 rings (SSSR count). The molecule has 0 aromatic rings. The number of hydrogen-bond acceptors (Lipinski definition) is 0. The summed E-state index contributed by atoms with van der Waals surface area (Å²) in [4.78, 5) is 0. The first-order valence-electron chi connectivity index (χ1n) is 16.0. The third-order valence-electron chi connectivity index (χ3n) is 9.81. The first kappa shape index (κ1) is 35.2. The van der Waals surface area contributed by atoms with Crippen LogP contribution in [0.1, 0.15) is 154 Å². The van der Waals surface area contributed by atoms with E-state index in [0.29, 0.717) is 10.8 Å². The molecule has 0 radical (unpaired) electrons. The monoisotopic (exact) mass is 511 g/mol. The molecule has 0 aliphatic heterocycles. The van der Waals surface area contributed by atoms with Crippen molar-refractivity contribution in [1.29, 1.82) is 0 Å². The average molecular weight is 511 g/mol. The molecule has 0 N–H and O–H groups in total. The van der Waals surface area contributed by atoms with Gasteiger partial charge in [-0.2, -0.15) is 0 Å². The van der Waals surface area contributed by atoms with E-state index in [2.05, 4.69) is 43.5 Å². The van der Waals surface area contributed by atoms with Crippen LogP contribution in [0.5, 0.6) is 0 Å². The molecule has 4 aliphatic carbocycles. The Morgan fingerprint density at radius 2 is 1.49 bits per heavy atom. The van der Waals surface area contributed by atoms with Crippen LogP contribution >= 0.6 is 9.24 Å². The number of rotatable bonds is 3. The van der Waals surface area contributed by atoms with Gasteiger partial charge in [0.15, 0.2) is 0 Å². The summed E-state index contributed by atoms with van der Waals surface area (Å²) in [7, 11) is 2.42. The molecule has 212 valence electrons. The summed E-state index contributed by atoms with van der Waals surface area (Å²) in [5.41, 5.74) is 2.76. The van der Waals surface area contributed by atoms with E-state index >= 15 is 0 Å². The molecule has 35 heavy (non-hydrogen) atoms. The highest BCUT2D eigenvalue weighted by molar-refractivity contribution is 7.15. The van der Waals surface area contributed by atoms with Gasteiger partial charge in [0.05, 0.1) is 0 Å². The molecule has 0 bridgehead atoms. The fraction of sp³-hybridized carbons (Fsp3) is 0.941. The van der Waals surface area contributed by atoms with E-state index in [1.165, 1.54) is 51.4 Å². The van der Waals surface area contributed by atoms with Crippen LogP contribution in [-0.4, -0.2) is 6.66 Å². The average Bonchev–Trinajstić information content (AvgIpc) is 3.07. The Morgan fingerprint density at radius 3 is 2.09 bits per heavy atom. The fourth-order valence-electron chi connectivity index (χ4n) is 8.46. The van der Waals surface area contributed by atoms with Gasteiger partial charge in [0.1, 0.15) is 0 Å². The lowest BCUT2D eigenvalue weighted by molar-refractivity contribution is -0.0539. The lowest BCUT2D eigenvalue weighted by Gasteiger charge is -2.55. The summed E-state index contributed by atoms with van der Waals surface area (Å²) in [5.74, 6) is 6.27. The Kier molecular flexibility index (Phi) is 17.7. The van der Waals surface area contributed by atoms with E-state index in [1.54, 1.807) is 37.7 Å². The van der Waals surface area contributed by atoms with Crippen molar-refractivity contribution in [2.45, 2.75) is 153 Å². The standard InChI is InChI=1S/C27H46.3C2H6.CH5P.H2/c1-19-8-6-10-22-20(18-19)11-13-24-23(22)15-17-27(5)21(12-14-25(24)27)9-7-16-26(2,3)4;4*1-2;/h20-25H,1,6-18H2,2-5H3;3*1-2H3;2H2,1H3;1H. The van der Waals surface area contributed by atoms with Gasteiger partial charge in [0.2, 0.25) is 0 Å². The maximum absolute atomic E-state index is 4.39. The Balaban J connectivity index is 0. The molecule has 0 amide bonds. The Morgan fingerprint density at radius 1 is 0.857 bits per heavy atom. The second-order valence-electron chi connectivity index (χ2n) is 12.6. The summed E-state index contributed by atoms with van der Waals surface area (Å²) >= 11 is 0. The third-order valence-corrected chi connectivity index (χ3v) is 9.81. The quantitative estimate of drug-likeness (QED) is 0.261. The second-order valence-corrected chi connectivity index (χ2v) is 12.6. The smallest absolute Gasteiger partial charge is 0 e. The van der Waals surface area contributed by atoms with Gasteiger partial charge < -0.3 is 0 Å². The molecule has 0 aromatic heterocycles. The minimum Gasteiger partial charge on any atom is -0.141 e. The van der Waals surface area contributed by atoms with Crippen molar-refractivity contribution in [3.63, 3.8) is 0 Å². The third kappa shape index (κ3) is 9.45. The number of hydrogen-bond donors (Lipinski definition) is 0. The number of allylic oxidation sites excluding steroid dienone is 1. The zero-order chi connectivity index (χ0) is 27.2. The van der Waals surface area contributed by atoms with Crippen molar-refractivity contribution in [2.75, 3.05) is 6.66 Å². The van der Waals surface area contributed by atoms with Crippen molar-refractivity contribution >= 4 is 9.24 Å².